The number of ether oxygens (including phenoxy) is 1. The van der Waals surface area contributed by atoms with Crippen LogP contribution in [0.4, 0.5) is 5.69 Å². The number of pyridine rings is 1. The van der Waals surface area contributed by atoms with Crippen LogP contribution in [0.15, 0.2) is 36.5 Å². The van der Waals surface area contributed by atoms with Crippen LogP contribution >= 0.6 is 0 Å². The van der Waals surface area contributed by atoms with E-state index in [1.54, 1.807) is 18.3 Å². The summed E-state index contributed by atoms with van der Waals surface area (Å²) in [5, 5.41) is 8.76. The van der Waals surface area contributed by atoms with Crippen LogP contribution in [0.25, 0.3) is 0 Å². The number of nitriles is 1. The second-order valence-electron chi connectivity index (χ2n) is 3.94. The highest BCUT2D eigenvalue weighted by Crippen LogP contribution is 2.26. The van der Waals surface area contributed by atoms with Gasteiger partial charge in [0, 0.05) is 6.20 Å². The number of hydrogen-bond donors (Lipinski definition) is 1. The van der Waals surface area contributed by atoms with Gasteiger partial charge in [-0.25, -0.2) is 4.98 Å². The first kappa shape index (κ1) is 11.9. The van der Waals surface area contributed by atoms with E-state index in [9.17, 15) is 0 Å². The molecule has 0 atom stereocenters. The molecule has 2 aromatic rings. The summed E-state index contributed by atoms with van der Waals surface area (Å²) in [6, 6.07) is 11.1. The smallest absolute Gasteiger partial charge is 0.145 e. The summed E-state index contributed by atoms with van der Waals surface area (Å²) >= 11 is 0. The predicted octanol–water partition coefficient (Wildman–Crippen LogP) is 2.42. The van der Waals surface area contributed by atoms with Crippen LogP contribution in [0.3, 0.4) is 0 Å². The van der Waals surface area contributed by atoms with Crippen molar-refractivity contribution in [3.8, 4) is 11.8 Å². The van der Waals surface area contributed by atoms with Gasteiger partial charge in [0.1, 0.15) is 24.1 Å². The molecule has 2 N–H and O–H groups in total. The topological polar surface area (TPSA) is 71.9 Å². The van der Waals surface area contributed by atoms with Crippen LogP contribution in [0.2, 0.25) is 0 Å². The van der Waals surface area contributed by atoms with Crippen molar-refractivity contribution in [1.82, 2.24) is 4.98 Å². The van der Waals surface area contributed by atoms with E-state index in [1.165, 1.54) is 0 Å². The van der Waals surface area contributed by atoms with Gasteiger partial charge in [0.25, 0.3) is 0 Å². The Morgan fingerprint density at radius 3 is 2.94 bits per heavy atom. The van der Waals surface area contributed by atoms with Crippen molar-refractivity contribution >= 4 is 5.69 Å². The number of nitrogens with zero attached hydrogens (tertiary/aromatic N) is 2. The van der Waals surface area contributed by atoms with Gasteiger partial charge in [-0.2, -0.15) is 5.26 Å². The maximum absolute atomic E-state index is 8.76. The van der Waals surface area contributed by atoms with E-state index in [1.807, 2.05) is 31.2 Å². The molecule has 4 nitrogen and oxygen atoms in total. The van der Waals surface area contributed by atoms with Gasteiger partial charge < -0.3 is 10.5 Å². The predicted molar refractivity (Wildman–Crippen MR) is 68.9 cm³/mol. The molecule has 0 radical (unpaired) electrons. The summed E-state index contributed by atoms with van der Waals surface area (Å²) in [5.74, 6) is 0.688. The molecule has 0 amide bonds. The molecule has 2 rings (SSSR count). The van der Waals surface area contributed by atoms with Crippen molar-refractivity contribution in [2.75, 3.05) is 5.73 Å². The molecule has 0 aliphatic carbocycles. The lowest BCUT2D eigenvalue weighted by Crippen LogP contribution is -2.01. The lowest BCUT2D eigenvalue weighted by Gasteiger charge is -2.11. The lowest BCUT2D eigenvalue weighted by atomic mass is 10.2. The number of nitrogens with two attached hydrogens (primary N) is 1. The van der Waals surface area contributed by atoms with Gasteiger partial charge in [0.05, 0.1) is 5.69 Å². The number of hydrogen-bond acceptors (Lipinski definition) is 4. The standard InChI is InChI=1S/C14H13N3O/c1-10-3-2-4-13(16)14(10)18-9-11-5-6-17-12(7-11)8-15/h2-7H,9,16H2,1H3. The van der Waals surface area contributed by atoms with Crippen molar-refractivity contribution in [1.29, 1.82) is 5.26 Å². The SMILES string of the molecule is Cc1cccc(N)c1OCc1ccnc(C#N)c1. The molecule has 0 bridgehead atoms. The highest BCUT2D eigenvalue weighted by molar-refractivity contribution is 5.56. The maximum atomic E-state index is 8.76. The highest BCUT2D eigenvalue weighted by Gasteiger charge is 2.04. The third-order valence-corrected chi connectivity index (χ3v) is 2.56. The molecule has 0 saturated carbocycles. The maximum Gasteiger partial charge on any atom is 0.145 e. The number of nitrogen functional groups attached to an aromatic ring is 1. The third-order valence-electron chi connectivity index (χ3n) is 2.56. The van der Waals surface area contributed by atoms with Gasteiger partial charge >= 0.3 is 0 Å². The summed E-state index contributed by atoms with van der Waals surface area (Å²) in [5.41, 5.74) is 8.73. The number of para-hydroxylation sites is 1. The van der Waals surface area contributed by atoms with E-state index in [2.05, 4.69) is 4.98 Å². The Morgan fingerprint density at radius 2 is 2.22 bits per heavy atom. The second-order valence-corrected chi connectivity index (χ2v) is 3.94. The van der Waals surface area contributed by atoms with E-state index in [0.29, 0.717) is 23.7 Å². The van der Waals surface area contributed by atoms with Crippen molar-refractivity contribution < 1.29 is 4.74 Å². The summed E-state index contributed by atoms with van der Waals surface area (Å²) in [6.07, 6.45) is 1.60. The first-order valence-corrected chi connectivity index (χ1v) is 5.53. The van der Waals surface area contributed by atoms with Gasteiger partial charge in [-0.1, -0.05) is 12.1 Å². The molecule has 1 heterocycles. The Balaban J connectivity index is 2.14. The van der Waals surface area contributed by atoms with Crippen LogP contribution in [0.1, 0.15) is 16.8 Å². The molecule has 0 saturated heterocycles. The summed E-state index contributed by atoms with van der Waals surface area (Å²) in [7, 11) is 0. The number of aromatic nitrogens is 1. The van der Waals surface area contributed by atoms with Gasteiger partial charge in [-0.05, 0) is 36.2 Å². The average molecular weight is 239 g/mol. The lowest BCUT2D eigenvalue weighted by molar-refractivity contribution is 0.305. The number of aryl methyl sites for hydroxylation is 1. The minimum absolute atomic E-state index is 0.367. The molecular weight excluding hydrogens is 226 g/mol. The zero-order valence-electron chi connectivity index (χ0n) is 10.1. The fraction of sp³-hybridized carbons (Fsp3) is 0.143. The van der Waals surface area contributed by atoms with Crippen LogP contribution in [-0.4, -0.2) is 4.98 Å². The molecule has 0 aliphatic heterocycles. The number of benzene rings is 1. The minimum atomic E-state index is 0.367. The third kappa shape index (κ3) is 2.58. The Kier molecular flexibility index (Phi) is 3.44. The van der Waals surface area contributed by atoms with Crippen LogP contribution in [-0.2, 0) is 6.61 Å². The van der Waals surface area contributed by atoms with E-state index in [0.717, 1.165) is 11.1 Å². The fourth-order valence-electron chi connectivity index (χ4n) is 1.65. The zero-order valence-corrected chi connectivity index (χ0v) is 10.1. The van der Waals surface area contributed by atoms with Crippen molar-refractivity contribution in [2.24, 2.45) is 0 Å². The molecule has 4 heteroatoms. The molecule has 18 heavy (non-hydrogen) atoms. The van der Waals surface area contributed by atoms with Gasteiger partial charge in [0.2, 0.25) is 0 Å². The molecule has 1 aromatic heterocycles. The van der Waals surface area contributed by atoms with Gasteiger partial charge in [-0.15, -0.1) is 0 Å². The van der Waals surface area contributed by atoms with E-state index in [-0.39, 0.29) is 0 Å². The van der Waals surface area contributed by atoms with Crippen LogP contribution in [0.5, 0.6) is 5.75 Å². The highest BCUT2D eigenvalue weighted by atomic mass is 16.5. The largest absolute Gasteiger partial charge is 0.486 e. The number of anilines is 1. The van der Waals surface area contributed by atoms with Crippen molar-refractivity contribution in [3.63, 3.8) is 0 Å². The normalized spacial score (nSPS) is 9.78. The van der Waals surface area contributed by atoms with Gasteiger partial charge in [-0.3, -0.25) is 0 Å². The fourth-order valence-corrected chi connectivity index (χ4v) is 1.65. The second kappa shape index (κ2) is 5.19. The molecule has 0 spiro atoms. The van der Waals surface area contributed by atoms with Crippen molar-refractivity contribution in [2.45, 2.75) is 13.5 Å². The van der Waals surface area contributed by atoms with Crippen LogP contribution in [0, 0.1) is 18.3 Å². The van der Waals surface area contributed by atoms with Gasteiger partial charge in [0.15, 0.2) is 0 Å². The van der Waals surface area contributed by atoms with E-state index >= 15 is 0 Å². The van der Waals surface area contributed by atoms with Crippen molar-refractivity contribution in [3.05, 3.63) is 53.3 Å². The average Bonchev–Trinajstić information content (AvgIpc) is 2.38. The summed E-state index contributed by atoms with van der Waals surface area (Å²) in [4.78, 5) is 3.91. The monoisotopic (exact) mass is 239 g/mol. The summed E-state index contributed by atoms with van der Waals surface area (Å²) in [6.45, 7) is 2.31. The van der Waals surface area contributed by atoms with E-state index < -0.39 is 0 Å². The van der Waals surface area contributed by atoms with Crippen LogP contribution < -0.4 is 10.5 Å². The first-order chi connectivity index (χ1) is 8.70. The molecule has 0 fully saturated rings. The molecule has 0 unspecified atom stereocenters. The molecular formula is C14H13N3O. The number of rotatable bonds is 3. The molecule has 0 aliphatic rings. The first-order valence-electron chi connectivity index (χ1n) is 5.53. The quantitative estimate of drug-likeness (QED) is 0.835. The van der Waals surface area contributed by atoms with E-state index in [4.69, 9.17) is 15.7 Å². The molecule has 90 valence electrons. The Morgan fingerprint density at radius 1 is 1.39 bits per heavy atom. The summed E-state index contributed by atoms with van der Waals surface area (Å²) < 4.78 is 5.69. The zero-order chi connectivity index (χ0) is 13.0. The Bertz CT molecular complexity index is 582. The minimum Gasteiger partial charge on any atom is -0.486 e. The Hall–Kier alpha value is -2.54. The Labute approximate surface area is 106 Å². The molecule has 1 aromatic carbocycles.